The predicted octanol–water partition coefficient (Wildman–Crippen LogP) is 6.11. The van der Waals surface area contributed by atoms with Gasteiger partial charge in [-0.3, -0.25) is 4.79 Å². The van der Waals surface area contributed by atoms with Gasteiger partial charge in [0.1, 0.15) is 17.2 Å². The first kappa shape index (κ1) is 32.6. The Morgan fingerprint density at radius 3 is 2.26 bits per heavy atom. The number of aliphatic hydroxyl groups is 1. The van der Waals surface area contributed by atoms with Crippen molar-refractivity contribution in [1.29, 1.82) is 0 Å². The molecule has 1 amide bonds. The lowest BCUT2D eigenvalue weighted by atomic mass is 10.0. The van der Waals surface area contributed by atoms with Crippen molar-refractivity contribution >= 4 is 35.1 Å². The van der Waals surface area contributed by atoms with Gasteiger partial charge in [0.15, 0.2) is 6.10 Å². The Balaban J connectivity index is 2.35. The van der Waals surface area contributed by atoms with Crippen LogP contribution in [-0.4, -0.2) is 66.1 Å². The average Bonchev–Trinajstić information content (AvgIpc) is 2.93. The molecule has 38 heavy (non-hydrogen) atoms. The largest absolute Gasteiger partial charge is 0.380 e. The Morgan fingerprint density at radius 1 is 1.00 bits per heavy atom. The molecule has 1 aromatic heterocycles. The predicted molar refractivity (Wildman–Crippen MR) is 157 cm³/mol. The minimum absolute atomic E-state index is 0.226. The monoisotopic (exact) mass is 564 g/mol. The van der Waals surface area contributed by atoms with E-state index in [1.54, 1.807) is 0 Å². The number of nitrogens with zero attached hydrogens (tertiary/aromatic N) is 1. The van der Waals surface area contributed by atoms with Gasteiger partial charge in [-0.05, 0) is 50.8 Å². The number of anilines is 1. The van der Waals surface area contributed by atoms with Gasteiger partial charge in [0.25, 0.3) is 5.91 Å². The number of ether oxygens (including phenoxy) is 3. The van der Waals surface area contributed by atoms with E-state index in [-0.39, 0.29) is 12.7 Å². The molecule has 9 heteroatoms. The van der Waals surface area contributed by atoms with Gasteiger partial charge in [-0.1, -0.05) is 57.0 Å². The first-order valence-electron chi connectivity index (χ1n) is 13.3. The Hall–Kier alpha value is -1.62. The van der Waals surface area contributed by atoms with Crippen LogP contribution in [0.2, 0.25) is 0 Å². The first-order chi connectivity index (χ1) is 18.4. The molecule has 0 spiro atoms. The van der Waals surface area contributed by atoms with Gasteiger partial charge < -0.3 is 24.6 Å². The molecular weight excluding hydrogens is 520 g/mol. The van der Waals surface area contributed by atoms with E-state index in [1.165, 1.54) is 23.5 Å². The third-order valence-corrected chi connectivity index (χ3v) is 7.52. The molecule has 0 aliphatic heterocycles. The summed E-state index contributed by atoms with van der Waals surface area (Å²) in [5.74, 6) is -0.566. The molecule has 1 heterocycles. The molecule has 0 bridgehead atoms. The van der Waals surface area contributed by atoms with E-state index in [1.807, 2.05) is 62.8 Å². The maximum absolute atomic E-state index is 13.5. The number of thioether (sulfide) groups is 2. The lowest BCUT2D eigenvalue weighted by Gasteiger charge is -2.34. The van der Waals surface area contributed by atoms with E-state index in [4.69, 9.17) is 14.2 Å². The number of carbonyl (C=O) groups is 1. The molecule has 2 N–H and O–H groups in total. The second-order valence-electron chi connectivity index (χ2n) is 9.16. The summed E-state index contributed by atoms with van der Waals surface area (Å²) in [6.45, 7) is 9.31. The molecule has 7 nitrogen and oxygen atoms in total. The van der Waals surface area contributed by atoms with Crippen molar-refractivity contribution < 1.29 is 24.1 Å². The van der Waals surface area contributed by atoms with Gasteiger partial charge in [0.2, 0.25) is 0 Å². The highest BCUT2D eigenvalue weighted by Crippen LogP contribution is 2.34. The van der Waals surface area contributed by atoms with Gasteiger partial charge >= 0.3 is 0 Å². The van der Waals surface area contributed by atoms with Crippen LogP contribution >= 0.6 is 23.5 Å². The highest BCUT2D eigenvalue weighted by atomic mass is 32.2. The van der Waals surface area contributed by atoms with Gasteiger partial charge in [-0.15, -0.1) is 23.5 Å². The normalized spacial score (nSPS) is 14.6. The highest BCUT2D eigenvalue weighted by Gasteiger charge is 2.39. The van der Waals surface area contributed by atoms with Crippen LogP contribution in [0.3, 0.4) is 0 Å². The molecule has 0 radical (unpaired) electrons. The number of pyridine rings is 1. The molecule has 2 aromatic rings. The van der Waals surface area contributed by atoms with Crippen molar-refractivity contribution in [3.63, 3.8) is 0 Å². The molecule has 4 atom stereocenters. The zero-order valence-corrected chi connectivity index (χ0v) is 25.2. The number of carbonyl (C=O) groups excluding carboxylic acids is 1. The summed E-state index contributed by atoms with van der Waals surface area (Å²) >= 11 is 2.97. The average molecular weight is 565 g/mol. The minimum atomic E-state index is -1.49. The van der Waals surface area contributed by atoms with Crippen LogP contribution in [0, 0.1) is 6.92 Å². The quantitative estimate of drug-likeness (QED) is 0.166. The van der Waals surface area contributed by atoms with Crippen molar-refractivity contribution in [3.8, 4) is 0 Å². The molecule has 1 aromatic carbocycles. The fourth-order valence-corrected chi connectivity index (χ4v) is 5.19. The van der Waals surface area contributed by atoms with E-state index in [0.29, 0.717) is 23.9 Å². The van der Waals surface area contributed by atoms with E-state index in [0.717, 1.165) is 41.8 Å². The summed E-state index contributed by atoms with van der Waals surface area (Å²) in [7, 11) is 0. The lowest BCUT2D eigenvalue weighted by molar-refractivity contribution is -0.174. The highest BCUT2D eigenvalue weighted by molar-refractivity contribution is 7.99. The Bertz CT molecular complexity index is 938. The second kappa shape index (κ2) is 17.9. The number of nitrogens with one attached hydrogen (secondary N) is 1. The maximum atomic E-state index is 13.5. The topological polar surface area (TPSA) is 89.9 Å². The number of hydrogen-bond donors (Lipinski definition) is 2. The van der Waals surface area contributed by atoms with E-state index in [9.17, 15) is 9.90 Å². The Kier molecular flexibility index (Phi) is 15.3. The zero-order chi connectivity index (χ0) is 27.9. The van der Waals surface area contributed by atoms with Crippen LogP contribution in [0.25, 0.3) is 0 Å². The maximum Gasteiger partial charge on any atom is 0.256 e. The smallest absolute Gasteiger partial charge is 0.256 e. The van der Waals surface area contributed by atoms with Crippen molar-refractivity contribution in [3.05, 3.63) is 47.7 Å². The molecule has 0 aliphatic rings. The number of rotatable bonds is 18. The Labute approximate surface area is 236 Å². The lowest BCUT2D eigenvalue weighted by Crippen LogP contribution is -2.52. The molecule has 0 aliphatic carbocycles. The summed E-state index contributed by atoms with van der Waals surface area (Å²) in [6, 6.07) is 11.6. The van der Waals surface area contributed by atoms with Crippen LogP contribution < -0.4 is 5.32 Å². The van der Waals surface area contributed by atoms with E-state index in [2.05, 4.69) is 24.1 Å². The number of aromatic nitrogens is 1. The summed E-state index contributed by atoms with van der Waals surface area (Å²) in [5.41, 5.74) is 2.40. The third kappa shape index (κ3) is 10.2. The standard InChI is InChI=1S/C29H44N2O5S2/c1-7-9-16-34-21(4)26(35-17-10-8-2)27(36-19-22-14-12-11-13-15-22)25(32)28(33)31-24-23(37-5)18-20(3)30-29(24)38-6/h11-15,18,21,25-27,32H,7-10,16-17,19H2,1-6H3,(H,31,33)/t21-,25-,26+,27+/m0/s1. The summed E-state index contributed by atoms with van der Waals surface area (Å²) in [5, 5.41) is 15.1. The molecule has 0 fully saturated rings. The number of benzene rings is 1. The second-order valence-corrected chi connectivity index (χ2v) is 10.8. The van der Waals surface area contributed by atoms with Crippen LogP contribution in [0.15, 0.2) is 46.3 Å². The molecular formula is C29H44N2O5S2. The first-order valence-corrected chi connectivity index (χ1v) is 15.8. The van der Waals surface area contributed by atoms with Gasteiger partial charge in [-0.2, -0.15) is 0 Å². The van der Waals surface area contributed by atoms with Crippen LogP contribution in [0.4, 0.5) is 5.69 Å². The van der Waals surface area contributed by atoms with Crippen molar-refractivity contribution in [2.45, 2.75) is 94.3 Å². The van der Waals surface area contributed by atoms with E-state index < -0.39 is 24.2 Å². The van der Waals surface area contributed by atoms with Crippen LogP contribution in [0.5, 0.6) is 0 Å². The fourth-order valence-electron chi connectivity index (χ4n) is 3.89. The zero-order valence-electron chi connectivity index (χ0n) is 23.6. The molecule has 0 saturated heterocycles. The van der Waals surface area contributed by atoms with Gasteiger partial charge in [0.05, 0.1) is 18.4 Å². The number of amides is 1. The van der Waals surface area contributed by atoms with Crippen molar-refractivity contribution in [1.82, 2.24) is 4.98 Å². The number of unbranched alkanes of at least 4 members (excludes halogenated alkanes) is 2. The summed E-state index contributed by atoms with van der Waals surface area (Å²) in [6.07, 6.45) is 4.14. The summed E-state index contributed by atoms with van der Waals surface area (Å²) < 4.78 is 18.6. The van der Waals surface area contributed by atoms with Gasteiger partial charge in [0, 0.05) is 23.8 Å². The molecule has 2 rings (SSSR count). The van der Waals surface area contributed by atoms with Crippen molar-refractivity contribution in [2.24, 2.45) is 0 Å². The SMILES string of the molecule is CCCCO[C@@H]([C@H](OCc1ccccc1)[C@H](O)C(=O)Nc1c(SC)cc(C)nc1SC)[C@H](C)OCCCC. The fraction of sp³-hybridized carbons (Fsp3) is 0.586. The molecule has 0 unspecified atom stereocenters. The third-order valence-electron chi connectivity index (χ3n) is 6.08. The van der Waals surface area contributed by atoms with Crippen LogP contribution in [0.1, 0.15) is 57.7 Å². The number of hydrogen-bond acceptors (Lipinski definition) is 8. The van der Waals surface area contributed by atoms with Gasteiger partial charge in [-0.25, -0.2) is 4.98 Å². The van der Waals surface area contributed by atoms with Crippen LogP contribution in [-0.2, 0) is 25.6 Å². The Morgan fingerprint density at radius 2 is 1.66 bits per heavy atom. The van der Waals surface area contributed by atoms with E-state index >= 15 is 0 Å². The molecule has 0 saturated carbocycles. The molecule has 212 valence electrons. The minimum Gasteiger partial charge on any atom is -0.380 e. The number of aryl methyl sites for hydroxylation is 1. The van der Waals surface area contributed by atoms with Crippen molar-refractivity contribution in [2.75, 3.05) is 31.0 Å². The number of aliphatic hydroxyl groups excluding tert-OH is 1. The summed E-state index contributed by atoms with van der Waals surface area (Å²) in [4.78, 5) is 19.0.